The highest BCUT2D eigenvalue weighted by atomic mass is 16.5. The van der Waals surface area contributed by atoms with Crippen molar-refractivity contribution in [1.29, 1.82) is 0 Å². The van der Waals surface area contributed by atoms with E-state index in [1.165, 1.54) is 38.5 Å². The minimum absolute atomic E-state index is 0.128. The van der Waals surface area contributed by atoms with Crippen LogP contribution >= 0.6 is 0 Å². The van der Waals surface area contributed by atoms with Crippen LogP contribution in [0.15, 0.2) is 0 Å². The number of rotatable bonds is 0. The molecule has 0 amide bonds. The van der Waals surface area contributed by atoms with Crippen molar-refractivity contribution in [2.45, 2.75) is 77.4 Å². The number of fused-ring (bicyclic) bond motifs is 1. The lowest BCUT2D eigenvalue weighted by Gasteiger charge is -2.55. The predicted octanol–water partition coefficient (Wildman–Crippen LogP) is 4.16. The molecule has 0 N–H and O–H groups in total. The van der Waals surface area contributed by atoms with Gasteiger partial charge in [-0.05, 0) is 63.2 Å². The smallest absolute Gasteiger partial charge is 0.0772 e. The average Bonchev–Trinajstić information content (AvgIpc) is 2.42. The normalized spacial score (nSPS) is 54.8. The van der Waals surface area contributed by atoms with Crippen molar-refractivity contribution < 1.29 is 4.74 Å². The molecule has 0 radical (unpaired) electrons. The third kappa shape index (κ3) is 1.16. The van der Waals surface area contributed by atoms with Crippen molar-refractivity contribution in [3.05, 3.63) is 0 Å². The maximum Gasteiger partial charge on any atom is 0.0772 e. The second kappa shape index (κ2) is 3.04. The standard InChI is InChI=1S/C15H26O/c1-11-6-5-8-14(4)9-7-12-10-15(11,14)16-13(12,2)3/h11-12H,5-10H2,1-4H3/t11-,12-,14-,15?/m1/s1. The molecule has 1 aliphatic heterocycles. The first-order chi connectivity index (χ1) is 7.40. The van der Waals surface area contributed by atoms with E-state index in [2.05, 4.69) is 27.7 Å². The fourth-order valence-corrected chi connectivity index (χ4v) is 4.99. The van der Waals surface area contributed by atoms with E-state index in [-0.39, 0.29) is 11.2 Å². The van der Waals surface area contributed by atoms with Gasteiger partial charge in [-0.1, -0.05) is 20.3 Å². The first-order valence-electron chi connectivity index (χ1n) is 7.10. The summed E-state index contributed by atoms with van der Waals surface area (Å²) in [7, 11) is 0. The summed E-state index contributed by atoms with van der Waals surface area (Å²) in [6.45, 7) is 9.57. The highest BCUT2D eigenvalue weighted by Crippen LogP contribution is 2.65. The van der Waals surface area contributed by atoms with E-state index in [1.807, 2.05) is 0 Å². The molecule has 1 saturated heterocycles. The van der Waals surface area contributed by atoms with Crippen LogP contribution in [0.3, 0.4) is 0 Å². The Hall–Kier alpha value is -0.0400. The summed E-state index contributed by atoms with van der Waals surface area (Å²) in [5, 5.41) is 0. The van der Waals surface area contributed by atoms with Crippen LogP contribution in [0.25, 0.3) is 0 Å². The van der Waals surface area contributed by atoms with Gasteiger partial charge in [0.2, 0.25) is 0 Å². The largest absolute Gasteiger partial charge is 0.368 e. The zero-order chi connectivity index (χ0) is 11.6. The van der Waals surface area contributed by atoms with E-state index in [9.17, 15) is 0 Å². The Kier molecular flexibility index (Phi) is 2.11. The highest BCUT2D eigenvalue weighted by Gasteiger charge is 2.65. The van der Waals surface area contributed by atoms with Crippen molar-refractivity contribution >= 4 is 0 Å². The van der Waals surface area contributed by atoms with Gasteiger partial charge in [-0.25, -0.2) is 0 Å². The molecule has 1 spiro atoms. The van der Waals surface area contributed by atoms with Gasteiger partial charge in [0.05, 0.1) is 11.2 Å². The molecule has 3 rings (SSSR count). The van der Waals surface area contributed by atoms with Crippen LogP contribution in [-0.4, -0.2) is 11.2 Å². The molecule has 3 fully saturated rings. The van der Waals surface area contributed by atoms with Crippen molar-refractivity contribution in [2.24, 2.45) is 17.3 Å². The number of hydrogen-bond donors (Lipinski definition) is 0. The summed E-state index contributed by atoms with van der Waals surface area (Å²) in [6, 6.07) is 0. The summed E-state index contributed by atoms with van der Waals surface area (Å²) < 4.78 is 6.68. The van der Waals surface area contributed by atoms with E-state index in [0.29, 0.717) is 5.41 Å². The Morgan fingerprint density at radius 3 is 2.56 bits per heavy atom. The fraction of sp³-hybridized carbons (Fsp3) is 1.00. The lowest BCUT2D eigenvalue weighted by atomic mass is 9.53. The van der Waals surface area contributed by atoms with Gasteiger partial charge in [-0.3, -0.25) is 0 Å². The molecular weight excluding hydrogens is 196 g/mol. The molecule has 0 aromatic rings. The third-order valence-electron chi connectivity index (χ3n) is 6.21. The molecule has 3 aliphatic rings. The maximum atomic E-state index is 6.68. The lowest BCUT2D eigenvalue weighted by molar-refractivity contribution is -0.192. The summed E-state index contributed by atoms with van der Waals surface area (Å²) in [4.78, 5) is 0. The first kappa shape index (κ1) is 11.1. The molecule has 4 atom stereocenters. The molecule has 16 heavy (non-hydrogen) atoms. The van der Waals surface area contributed by atoms with Crippen LogP contribution in [0.4, 0.5) is 0 Å². The van der Waals surface area contributed by atoms with E-state index in [4.69, 9.17) is 4.74 Å². The second-order valence-corrected chi connectivity index (χ2v) is 7.39. The summed E-state index contributed by atoms with van der Waals surface area (Å²) in [6.07, 6.45) is 8.29. The van der Waals surface area contributed by atoms with Gasteiger partial charge in [-0.2, -0.15) is 0 Å². The summed E-state index contributed by atoms with van der Waals surface area (Å²) >= 11 is 0. The highest BCUT2D eigenvalue weighted by molar-refractivity contribution is 5.14. The Labute approximate surface area is 99.9 Å². The Morgan fingerprint density at radius 1 is 1.06 bits per heavy atom. The SMILES string of the molecule is C[C@@H]1CCC[C@]2(C)CC[C@@H]3CC12OC3(C)C. The summed E-state index contributed by atoms with van der Waals surface area (Å²) in [5.41, 5.74) is 0.815. The van der Waals surface area contributed by atoms with Crippen LogP contribution in [0.2, 0.25) is 0 Å². The summed E-state index contributed by atoms with van der Waals surface area (Å²) in [5.74, 6) is 1.57. The lowest BCUT2D eigenvalue weighted by Crippen LogP contribution is -2.55. The van der Waals surface area contributed by atoms with Crippen molar-refractivity contribution in [3.8, 4) is 0 Å². The minimum Gasteiger partial charge on any atom is -0.368 e. The molecule has 2 bridgehead atoms. The topological polar surface area (TPSA) is 9.23 Å². The van der Waals surface area contributed by atoms with Crippen LogP contribution in [0, 0.1) is 17.3 Å². The second-order valence-electron chi connectivity index (χ2n) is 7.39. The van der Waals surface area contributed by atoms with Crippen molar-refractivity contribution in [2.75, 3.05) is 0 Å². The molecule has 1 nitrogen and oxygen atoms in total. The molecule has 2 saturated carbocycles. The van der Waals surface area contributed by atoms with Crippen molar-refractivity contribution in [1.82, 2.24) is 0 Å². The van der Waals surface area contributed by atoms with Gasteiger partial charge in [0.25, 0.3) is 0 Å². The van der Waals surface area contributed by atoms with E-state index in [1.54, 1.807) is 0 Å². The van der Waals surface area contributed by atoms with E-state index >= 15 is 0 Å². The van der Waals surface area contributed by atoms with Gasteiger partial charge >= 0.3 is 0 Å². The van der Waals surface area contributed by atoms with E-state index in [0.717, 1.165) is 11.8 Å². The van der Waals surface area contributed by atoms with Gasteiger partial charge in [0, 0.05) is 0 Å². The molecule has 1 heteroatoms. The number of ether oxygens (including phenoxy) is 1. The monoisotopic (exact) mass is 222 g/mol. The zero-order valence-electron chi connectivity index (χ0n) is 11.3. The Morgan fingerprint density at radius 2 is 1.81 bits per heavy atom. The van der Waals surface area contributed by atoms with Crippen LogP contribution in [0.1, 0.15) is 66.2 Å². The third-order valence-corrected chi connectivity index (χ3v) is 6.21. The van der Waals surface area contributed by atoms with Crippen molar-refractivity contribution in [3.63, 3.8) is 0 Å². The maximum absolute atomic E-state index is 6.68. The van der Waals surface area contributed by atoms with Gasteiger partial charge in [0.15, 0.2) is 0 Å². The molecule has 2 aliphatic carbocycles. The molecule has 0 aromatic carbocycles. The van der Waals surface area contributed by atoms with Crippen LogP contribution < -0.4 is 0 Å². The van der Waals surface area contributed by atoms with Gasteiger partial charge < -0.3 is 4.74 Å². The van der Waals surface area contributed by atoms with Crippen LogP contribution in [-0.2, 0) is 4.74 Å². The minimum atomic E-state index is 0.128. The van der Waals surface area contributed by atoms with Gasteiger partial charge in [0.1, 0.15) is 0 Å². The average molecular weight is 222 g/mol. The van der Waals surface area contributed by atoms with Crippen LogP contribution in [0.5, 0.6) is 0 Å². The predicted molar refractivity (Wildman–Crippen MR) is 66.4 cm³/mol. The molecule has 1 heterocycles. The first-order valence-corrected chi connectivity index (χ1v) is 7.10. The van der Waals surface area contributed by atoms with Gasteiger partial charge in [-0.15, -0.1) is 0 Å². The Balaban J connectivity index is 2.04. The molecule has 1 unspecified atom stereocenters. The fourth-order valence-electron chi connectivity index (χ4n) is 4.99. The molecule has 92 valence electrons. The Bertz CT molecular complexity index is 309. The van der Waals surface area contributed by atoms with E-state index < -0.39 is 0 Å². The molecule has 0 aromatic heterocycles. The quantitative estimate of drug-likeness (QED) is 0.598. The molecular formula is C15H26O. The zero-order valence-corrected chi connectivity index (χ0v) is 11.3. The number of hydrogen-bond acceptors (Lipinski definition) is 1.